The summed E-state index contributed by atoms with van der Waals surface area (Å²) in [7, 11) is 2.10. The van der Waals surface area contributed by atoms with Gasteiger partial charge in [0, 0.05) is 6.04 Å². The van der Waals surface area contributed by atoms with Gasteiger partial charge in [-0.3, -0.25) is 4.90 Å². The highest BCUT2D eigenvalue weighted by molar-refractivity contribution is 4.88. The average molecular weight is 181 g/mol. The normalized spacial score (nSPS) is 13.3. The van der Waals surface area contributed by atoms with Gasteiger partial charge in [-0.1, -0.05) is 32.6 Å². The fourth-order valence-electron chi connectivity index (χ4n) is 1.34. The largest absolute Gasteiger partial charge is 0.293 e. The number of rotatable bonds is 6. The molecule has 0 aromatic rings. The van der Waals surface area contributed by atoms with E-state index in [-0.39, 0.29) is 0 Å². The second kappa shape index (κ2) is 6.97. The third-order valence-corrected chi connectivity index (χ3v) is 2.50. The lowest BCUT2D eigenvalue weighted by molar-refractivity contribution is 0.266. The van der Waals surface area contributed by atoms with E-state index in [1.54, 1.807) is 0 Å². The lowest BCUT2D eigenvalue weighted by Gasteiger charge is -2.22. The molecule has 0 fully saturated rings. The molecule has 76 valence electrons. The topological polar surface area (TPSA) is 3.24 Å². The zero-order chi connectivity index (χ0) is 10.3. The second-order valence-corrected chi connectivity index (χ2v) is 4.29. The first-order valence-electron chi connectivity index (χ1n) is 5.21. The molecule has 0 aromatic carbocycles. The third kappa shape index (κ3) is 6.66. The molecule has 1 heteroatoms. The van der Waals surface area contributed by atoms with Gasteiger partial charge in [0.1, 0.15) is 0 Å². The molecule has 0 heterocycles. The van der Waals surface area contributed by atoms with Gasteiger partial charge >= 0.3 is 0 Å². The third-order valence-electron chi connectivity index (χ3n) is 2.50. The number of nitrogens with zero attached hydrogens (tertiary/aromatic N) is 1. The van der Waals surface area contributed by atoms with E-state index in [1.165, 1.54) is 19.3 Å². The molecule has 0 saturated carbocycles. The van der Waals surface area contributed by atoms with Crippen molar-refractivity contribution in [3.8, 4) is 12.3 Å². The van der Waals surface area contributed by atoms with Gasteiger partial charge in [-0.2, -0.15) is 0 Å². The van der Waals surface area contributed by atoms with E-state index < -0.39 is 0 Å². The molecule has 13 heavy (non-hydrogen) atoms. The highest BCUT2D eigenvalue weighted by Gasteiger charge is 2.07. The van der Waals surface area contributed by atoms with Crippen LogP contribution in [0.3, 0.4) is 0 Å². The average Bonchev–Trinajstić information content (AvgIpc) is 2.04. The van der Waals surface area contributed by atoms with Crippen molar-refractivity contribution in [3.05, 3.63) is 0 Å². The molecular weight excluding hydrogens is 158 g/mol. The maximum absolute atomic E-state index is 5.25. The Labute approximate surface area is 83.5 Å². The Morgan fingerprint density at radius 2 is 1.85 bits per heavy atom. The first-order chi connectivity index (χ1) is 6.07. The van der Waals surface area contributed by atoms with Crippen LogP contribution >= 0.6 is 0 Å². The summed E-state index contributed by atoms with van der Waals surface area (Å²) in [6, 6.07) is 0.620. The Kier molecular flexibility index (Phi) is 6.72. The Morgan fingerprint density at radius 1 is 1.23 bits per heavy atom. The molecule has 0 aliphatic carbocycles. The molecule has 0 aliphatic heterocycles. The molecule has 0 N–H and O–H groups in total. The molecule has 0 aromatic heterocycles. The molecule has 0 radical (unpaired) electrons. The zero-order valence-corrected chi connectivity index (χ0v) is 9.51. The summed E-state index contributed by atoms with van der Waals surface area (Å²) in [5.74, 6) is 3.50. The molecule has 0 rings (SSSR count). The first kappa shape index (κ1) is 12.5. The number of hydrogen-bond acceptors (Lipinski definition) is 1. The van der Waals surface area contributed by atoms with E-state index in [0.717, 1.165) is 12.5 Å². The fourth-order valence-corrected chi connectivity index (χ4v) is 1.34. The maximum atomic E-state index is 5.25. The van der Waals surface area contributed by atoms with Crippen LogP contribution in [-0.2, 0) is 0 Å². The van der Waals surface area contributed by atoms with Crippen LogP contribution in [0.5, 0.6) is 0 Å². The van der Waals surface area contributed by atoms with Crippen LogP contribution in [0.2, 0.25) is 0 Å². The molecule has 0 bridgehead atoms. The highest BCUT2D eigenvalue weighted by Crippen LogP contribution is 2.10. The van der Waals surface area contributed by atoms with E-state index in [2.05, 4.69) is 38.6 Å². The van der Waals surface area contributed by atoms with E-state index >= 15 is 0 Å². The molecule has 0 spiro atoms. The minimum atomic E-state index is 0.620. The molecule has 1 atom stereocenters. The summed E-state index contributed by atoms with van der Waals surface area (Å²) in [5, 5.41) is 0. The molecule has 1 nitrogen and oxygen atoms in total. The number of hydrogen-bond donors (Lipinski definition) is 0. The van der Waals surface area contributed by atoms with E-state index in [1.807, 2.05) is 0 Å². The molecular formula is C12H23N. The van der Waals surface area contributed by atoms with E-state index in [0.29, 0.717) is 6.04 Å². The summed E-state index contributed by atoms with van der Waals surface area (Å²) in [4.78, 5) is 2.24. The van der Waals surface area contributed by atoms with Gasteiger partial charge in [0.25, 0.3) is 0 Å². The molecule has 0 amide bonds. The van der Waals surface area contributed by atoms with Gasteiger partial charge < -0.3 is 0 Å². The first-order valence-corrected chi connectivity index (χ1v) is 5.21. The fraction of sp³-hybridized carbons (Fsp3) is 0.833. The van der Waals surface area contributed by atoms with Gasteiger partial charge in [-0.25, -0.2) is 0 Å². The lowest BCUT2D eigenvalue weighted by Crippen LogP contribution is -2.29. The minimum absolute atomic E-state index is 0.620. The van der Waals surface area contributed by atoms with Crippen LogP contribution in [0.15, 0.2) is 0 Å². The van der Waals surface area contributed by atoms with Crippen molar-refractivity contribution in [3.63, 3.8) is 0 Å². The molecule has 0 aliphatic rings. The quantitative estimate of drug-likeness (QED) is 0.570. The van der Waals surface area contributed by atoms with Crippen LogP contribution in [0.4, 0.5) is 0 Å². The number of terminal acetylenes is 1. The Morgan fingerprint density at radius 3 is 2.31 bits per heavy atom. The Balaban J connectivity index is 3.50. The minimum Gasteiger partial charge on any atom is -0.293 e. The van der Waals surface area contributed by atoms with Crippen molar-refractivity contribution in [1.82, 2.24) is 4.90 Å². The predicted octanol–water partition coefficient (Wildman–Crippen LogP) is 2.77. The van der Waals surface area contributed by atoms with Gasteiger partial charge in [-0.15, -0.1) is 6.42 Å². The van der Waals surface area contributed by atoms with Gasteiger partial charge in [-0.05, 0) is 26.3 Å². The summed E-state index contributed by atoms with van der Waals surface area (Å²) < 4.78 is 0. The van der Waals surface area contributed by atoms with E-state index in [4.69, 9.17) is 6.42 Å². The van der Waals surface area contributed by atoms with Gasteiger partial charge in [0.2, 0.25) is 0 Å². The summed E-state index contributed by atoms with van der Waals surface area (Å²) >= 11 is 0. The van der Waals surface area contributed by atoms with Crippen LogP contribution in [-0.4, -0.2) is 24.5 Å². The maximum Gasteiger partial charge on any atom is 0.0598 e. The summed E-state index contributed by atoms with van der Waals surface area (Å²) in [6.45, 7) is 7.56. The van der Waals surface area contributed by atoms with Gasteiger partial charge in [0.15, 0.2) is 0 Å². The van der Waals surface area contributed by atoms with Crippen LogP contribution in [0, 0.1) is 18.3 Å². The second-order valence-electron chi connectivity index (χ2n) is 4.29. The molecule has 0 saturated heterocycles. The van der Waals surface area contributed by atoms with Crippen molar-refractivity contribution < 1.29 is 0 Å². The van der Waals surface area contributed by atoms with Crippen LogP contribution in [0.25, 0.3) is 0 Å². The van der Waals surface area contributed by atoms with Crippen LogP contribution in [0.1, 0.15) is 40.0 Å². The van der Waals surface area contributed by atoms with Crippen LogP contribution < -0.4 is 0 Å². The van der Waals surface area contributed by atoms with Crippen molar-refractivity contribution >= 4 is 0 Å². The van der Waals surface area contributed by atoms with E-state index in [9.17, 15) is 0 Å². The standard InChI is InChI=1S/C12H23N/c1-6-10-13(5)12(4)9-7-8-11(2)3/h1,11-12H,7-10H2,2-5H3. The zero-order valence-electron chi connectivity index (χ0n) is 9.51. The summed E-state index contributed by atoms with van der Waals surface area (Å²) in [5.41, 5.74) is 0. The Hall–Kier alpha value is -0.480. The van der Waals surface area contributed by atoms with Crippen molar-refractivity contribution in [2.24, 2.45) is 5.92 Å². The Bertz CT molecular complexity index is 155. The van der Waals surface area contributed by atoms with Gasteiger partial charge in [0.05, 0.1) is 6.54 Å². The predicted molar refractivity (Wildman–Crippen MR) is 59.6 cm³/mol. The van der Waals surface area contributed by atoms with Crippen molar-refractivity contribution in [2.45, 2.75) is 46.1 Å². The smallest absolute Gasteiger partial charge is 0.0598 e. The van der Waals surface area contributed by atoms with Crippen molar-refractivity contribution in [2.75, 3.05) is 13.6 Å². The lowest BCUT2D eigenvalue weighted by atomic mass is 10.0. The highest BCUT2D eigenvalue weighted by atomic mass is 15.1. The molecule has 1 unspecified atom stereocenters. The van der Waals surface area contributed by atoms with Crippen molar-refractivity contribution in [1.29, 1.82) is 0 Å². The monoisotopic (exact) mass is 181 g/mol. The summed E-state index contributed by atoms with van der Waals surface area (Å²) in [6.07, 6.45) is 9.15. The SMILES string of the molecule is C#CCN(C)C(C)CCCC(C)C.